The number of nitrogens with zero attached hydrogens (tertiary/aromatic N) is 1. The first-order chi connectivity index (χ1) is 18.7. The van der Waals surface area contributed by atoms with Crippen LogP contribution in [-0.4, -0.2) is 28.8 Å². The van der Waals surface area contributed by atoms with Gasteiger partial charge in [0.1, 0.15) is 6.04 Å². The summed E-state index contributed by atoms with van der Waals surface area (Å²) >= 11 is 0. The maximum atomic E-state index is 14.0. The van der Waals surface area contributed by atoms with Crippen molar-refractivity contribution in [2.75, 3.05) is 0 Å². The van der Waals surface area contributed by atoms with Gasteiger partial charge in [0, 0.05) is 25.4 Å². The van der Waals surface area contributed by atoms with Crippen LogP contribution in [0.4, 0.5) is 0 Å². The minimum atomic E-state index is -0.565. The van der Waals surface area contributed by atoms with Crippen molar-refractivity contribution in [1.29, 1.82) is 0 Å². The Morgan fingerprint density at radius 2 is 1.54 bits per heavy atom. The van der Waals surface area contributed by atoms with Crippen LogP contribution in [0.25, 0.3) is 0 Å². The van der Waals surface area contributed by atoms with E-state index in [-0.39, 0.29) is 23.3 Å². The predicted molar refractivity (Wildman–Crippen MR) is 160 cm³/mol. The average Bonchev–Trinajstić information content (AvgIpc) is 3.42. The van der Waals surface area contributed by atoms with E-state index in [1.54, 1.807) is 0 Å². The zero-order valence-electron chi connectivity index (χ0n) is 24.1. The number of rotatable bonds is 10. The maximum absolute atomic E-state index is 14.0. The predicted octanol–water partition coefficient (Wildman–Crippen LogP) is 6.92. The molecule has 1 N–H and O–H groups in total. The van der Waals surface area contributed by atoms with Crippen LogP contribution in [0.2, 0.25) is 0 Å². The molecule has 0 heterocycles. The first-order valence-electron chi connectivity index (χ1n) is 14.5. The number of nitrogens with one attached hydrogen (secondary N) is 1. The smallest absolute Gasteiger partial charge is 0.243 e. The number of hydrogen-bond donors (Lipinski definition) is 1. The lowest BCUT2D eigenvalue weighted by molar-refractivity contribution is -0.141. The van der Waals surface area contributed by atoms with Crippen molar-refractivity contribution in [2.24, 2.45) is 0 Å². The molecule has 1 saturated carbocycles. The summed E-state index contributed by atoms with van der Waals surface area (Å²) < 4.78 is 0. The SMILES string of the molecule is Cc1cccc(CN(C(=O)CCc2ccc(C(C)(C)C)cc2)[C@H](Cc2ccccc2)C(=O)NC2CCCC2)c1. The Kier molecular flexibility index (Phi) is 9.61. The Hall–Kier alpha value is -3.40. The highest BCUT2D eigenvalue weighted by Gasteiger charge is 2.32. The van der Waals surface area contributed by atoms with Gasteiger partial charge in [-0.25, -0.2) is 0 Å². The van der Waals surface area contributed by atoms with Gasteiger partial charge in [0.2, 0.25) is 11.8 Å². The maximum Gasteiger partial charge on any atom is 0.243 e. The minimum absolute atomic E-state index is 0.0129. The molecule has 0 aromatic heterocycles. The number of benzene rings is 3. The molecule has 0 spiro atoms. The highest BCUT2D eigenvalue weighted by Crippen LogP contribution is 2.24. The van der Waals surface area contributed by atoms with Gasteiger partial charge in [0.25, 0.3) is 0 Å². The van der Waals surface area contributed by atoms with E-state index < -0.39 is 6.04 Å². The molecular formula is C35H44N2O2. The molecule has 0 bridgehead atoms. The number of aryl methyl sites for hydroxylation is 2. The summed E-state index contributed by atoms with van der Waals surface area (Å²) in [7, 11) is 0. The minimum Gasteiger partial charge on any atom is -0.352 e. The van der Waals surface area contributed by atoms with Crippen LogP contribution in [-0.2, 0) is 34.4 Å². The first-order valence-corrected chi connectivity index (χ1v) is 14.5. The van der Waals surface area contributed by atoms with Crippen LogP contribution in [0.15, 0.2) is 78.9 Å². The van der Waals surface area contributed by atoms with Gasteiger partial charge in [-0.3, -0.25) is 9.59 Å². The van der Waals surface area contributed by atoms with Gasteiger partial charge in [0.05, 0.1) is 0 Å². The molecule has 206 valence electrons. The molecule has 3 aromatic carbocycles. The molecule has 4 heteroatoms. The third-order valence-electron chi connectivity index (χ3n) is 7.86. The summed E-state index contributed by atoms with van der Waals surface area (Å²) in [5, 5.41) is 3.29. The molecule has 0 aliphatic heterocycles. The van der Waals surface area contributed by atoms with E-state index in [0.717, 1.165) is 47.9 Å². The second-order valence-corrected chi connectivity index (χ2v) is 12.2. The fraction of sp³-hybridized carbons (Fsp3) is 0.429. The Morgan fingerprint density at radius 1 is 0.872 bits per heavy atom. The van der Waals surface area contributed by atoms with Gasteiger partial charge >= 0.3 is 0 Å². The van der Waals surface area contributed by atoms with Crippen molar-refractivity contribution >= 4 is 11.8 Å². The van der Waals surface area contributed by atoms with Gasteiger partial charge in [-0.15, -0.1) is 0 Å². The van der Waals surface area contributed by atoms with Crippen LogP contribution in [0.5, 0.6) is 0 Å². The fourth-order valence-electron chi connectivity index (χ4n) is 5.49. The number of amides is 2. The largest absolute Gasteiger partial charge is 0.352 e. The normalized spacial score (nSPS) is 14.7. The zero-order chi connectivity index (χ0) is 27.8. The summed E-state index contributed by atoms with van der Waals surface area (Å²) in [6.45, 7) is 9.10. The van der Waals surface area contributed by atoms with E-state index >= 15 is 0 Å². The van der Waals surface area contributed by atoms with Crippen molar-refractivity contribution in [3.63, 3.8) is 0 Å². The van der Waals surface area contributed by atoms with Crippen LogP contribution >= 0.6 is 0 Å². The lowest BCUT2D eigenvalue weighted by Crippen LogP contribution is -2.52. The quantitative estimate of drug-likeness (QED) is 0.313. The second-order valence-electron chi connectivity index (χ2n) is 12.2. The van der Waals surface area contributed by atoms with Crippen molar-refractivity contribution in [2.45, 2.75) is 96.7 Å². The Balaban J connectivity index is 1.58. The molecule has 3 aromatic rings. The molecule has 0 unspecified atom stereocenters. The molecule has 4 nitrogen and oxygen atoms in total. The van der Waals surface area contributed by atoms with E-state index in [1.807, 2.05) is 47.4 Å². The van der Waals surface area contributed by atoms with Crippen molar-refractivity contribution < 1.29 is 9.59 Å². The highest BCUT2D eigenvalue weighted by atomic mass is 16.2. The van der Waals surface area contributed by atoms with Crippen molar-refractivity contribution in [3.05, 3.63) is 107 Å². The molecular weight excluding hydrogens is 480 g/mol. The molecule has 0 radical (unpaired) electrons. The van der Waals surface area contributed by atoms with E-state index in [2.05, 4.69) is 69.4 Å². The van der Waals surface area contributed by atoms with E-state index in [4.69, 9.17) is 0 Å². The molecule has 39 heavy (non-hydrogen) atoms. The number of hydrogen-bond acceptors (Lipinski definition) is 2. The van der Waals surface area contributed by atoms with E-state index in [1.165, 1.54) is 5.56 Å². The second kappa shape index (κ2) is 13.1. The Labute approximate surface area is 234 Å². The Morgan fingerprint density at radius 3 is 2.18 bits per heavy atom. The van der Waals surface area contributed by atoms with Gasteiger partial charge in [-0.2, -0.15) is 0 Å². The van der Waals surface area contributed by atoms with Crippen molar-refractivity contribution in [3.8, 4) is 0 Å². The summed E-state index contributed by atoms with van der Waals surface area (Å²) in [5.74, 6) is -0.0276. The average molecular weight is 525 g/mol. The highest BCUT2D eigenvalue weighted by molar-refractivity contribution is 5.88. The first kappa shape index (κ1) is 28.6. The van der Waals surface area contributed by atoms with Crippen LogP contribution in [0, 0.1) is 6.92 Å². The summed E-state index contributed by atoms with van der Waals surface area (Å²) in [4.78, 5) is 29.6. The molecule has 1 aliphatic rings. The van der Waals surface area contributed by atoms with Crippen molar-refractivity contribution in [1.82, 2.24) is 10.2 Å². The molecule has 2 amide bonds. The standard InChI is InChI=1S/C35H44N2O2/c1-26-11-10-14-29(23-26)25-37(33(38)22-19-27-17-20-30(21-18-27)35(2,3)4)32(24-28-12-6-5-7-13-28)34(39)36-31-15-8-9-16-31/h5-7,10-14,17-18,20-21,23,31-32H,8-9,15-16,19,22,24-25H2,1-4H3,(H,36,39)/t32-/m1/s1. The van der Waals surface area contributed by atoms with E-state index in [0.29, 0.717) is 25.8 Å². The van der Waals surface area contributed by atoms with Gasteiger partial charge < -0.3 is 10.2 Å². The third kappa shape index (κ3) is 8.29. The zero-order valence-corrected chi connectivity index (χ0v) is 24.1. The molecule has 1 fully saturated rings. The fourth-order valence-corrected chi connectivity index (χ4v) is 5.49. The summed E-state index contributed by atoms with van der Waals surface area (Å²) in [5.41, 5.74) is 5.77. The van der Waals surface area contributed by atoms with Crippen LogP contribution < -0.4 is 5.32 Å². The number of carbonyl (C=O) groups excluding carboxylic acids is 2. The van der Waals surface area contributed by atoms with Gasteiger partial charge in [-0.05, 0) is 53.9 Å². The summed E-state index contributed by atoms with van der Waals surface area (Å²) in [6.07, 6.45) is 5.83. The molecule has 4 rings (SSSR count). The molecule has 1 aliphatic carbocycles. The lowest BCUT2D eigenvalue weighted by atomic mass is 9.86. The third-order valence-corrected chi connectivity index (χ3v) is 7.86. The van der Waals surface area contributed by atoms with Crippen LogP contribution in [0.1, 0.15) is 80.7 Å². The molecule has 1 atom stereocenters. The summed E-state index contributed by atoms with van der Waals surface area (Å²) in [6, 6.07) is 26.5. The monoisotopic (exact) mass is 524 g/mol. The van der Waals surface area contributed by atoms with Gasteiger partial charge in [-0.1, -0.05) is 118 Å². The van der Waals surface area contributed by atoms with Crippen LogP contribution in [0.3, 0.4) is 0 Å². The molecule has 0 saturated heterocycles. The number of carbonyl (C=O) groups is 2. The lowest BCUT2D eigenvalue weighted by Gasteiger charge is -2.32. The van der Waals surface area contributed by atoms with E-state index in [9.17, 15) is 9.59 Å². The topological polar surface area (TPSA) is 49.4 Å². The Bertz CT molecular complexity index is 1220. The van der Waals surface area contributed by atoms with Gasteiger partial charge in [0.15, 0.2) is 0 Å².